The Hall–Kier alpha value is -4.15. The summed E-state index contributed by atoms with van der Waals surface area (Å²) in [5.41, 5.74) is 2.44. The van der Waals surface area contributed by atoms with Crippen molar-refractivity contribution in [3.8, 4) is 5.75 Å². The minimum Gasteiger partial charge on any atom is -0.489 e. The lowest BCUT2D eigenvalue weighted by Gasteiger charge is -2.26. The Morgan fingerprint density at radius 2 is 1.98 bits per heavy atom. The third-order valence-corrected chi connectivity index (χ3v) is 8.37. The van der Waals surface area contributed by atoms with Gasteiger partial charge in [-0.3, -0.25) is 14.2 Å². The van der Waals surface area contributed by atoms with E-state index < -0.39 is 6.04 Å². The van der Waals surface area contributed by atoms with Crippen LogP contribution in [0.2, 0.25) is 0 Å². The average molecular weight is 555 g/mol. The van der Waals surface area contributed by atoms with Crippen molar-refractivity contribution >= 4 is 45.9 Å². The molecule has 1 saturated heterocycles. The van der Waals surface area contributed by atoms with Gasteiger partial charge < -0.3 is 20.3 Å². The average Bonchev–Trinajstić information content (AvgIpc) is 3.47. The van der Waals surface area contributed by atoms with Crippen molar-refractivity contribution in [2.75, 3.05) is 38.3 Å². The standard InChI is InChI=1S/C30H30N6O3S/c1-18(35(2)3)24-14-19-15-32-30(33-20-8-10-21(11-9-20)39-22-12-13-31-16-22)34-28(19)36(29(24)38)25-17-40-26-7-5-4-6-23(26)27(25)37/h4-11,14-15,22,25,31H,1,12-13,16-17H2,2-3H3,(H,32,33,34). The highest BCUT2D eigenvalue weighted by atomic mass is 32.2. The normalized spacial score (nSPS) is 18.4. The molecular formula is C30H30N6O3S. The lowest BCUT2D eigenvalue weighted by Crippen LogP contribution is -2.36. The number of carbonyl (C=O) groups is 1. The second-order valence-electron chi connectivity index (χ2n) is 10.1. The van der Waals surface area contributed by atoms with Crippen LogP contribution in [0.3, 0.4) is 0 Å². The molecule has 2 aromatic carbocycles. The number of nitrogens with zero attached hydrogens (tertiary/aromatic N) is 4. The van der Waals surface area contributed by atoms with Gasteiger partial charge in [0.2, 0.25) is 5.95 Å². The van der Waals surface area contributed by atoms with Gasteiger partial charge in [-0.15, -0.1) is 11.8 Å². The maximum atomic E-state index is 13.9. The molecule has 0 amide bonds. The first-order chi connectivity index (χ1) is 19.4. The highest BCUT2D eigenvalue weighted by Gasteiger charge is 2.32. The Kier molecular flexibility index (Phi) is 7.03. The molecule has 6 rings (SSSR count). The first-order valence-electron chi connectivity index (χ1n) is 13.2. The third kappa shape index (κ3) is 4.96. The van der Waals surface area contributed by atoms with Crippen LogP contribution in [0.1, 0.15) is 28.4 Å². The van der Waals surface area contributed by atoms with Crippen LogP contribution in [0, 0.1) is 0 Å². The maximum Gasteiger partial charge on any atom is 0.262 e. The predicted molar refractivity (Wildman–Crippen MR) is 159 cm³/mol. The molecule has 0 aliphatic carbocycles. The number of benzene rings is 2. The molecule has 9 nitrogen and oxygen atoms in total. The Labute approximate surface area is 236 Å². The van der Waals surface area contributed by atoms with Gasteiger partial charge in [-0.2, -0.15) is 4.98 Å². The van der Waals surface area contributed by atoms with Crippen molar-refractivity contribution in [2.45, 2.75) is 23.5 Å². The maximum absolute atomic E-state index is 13.9. The minimum atomic E-state index is -0.714. The van der Waals surface area contributed by atoms with Crippen molar-refractivity contribution in [1.29, 1.82) is 0 Å². The third-order valence-electron chi connectivity index (χ3n) is 7.22. The molecule has 4 heterocycles. The van der Waals surface area contributed by atoms with Crippen LogP contribution in [0.15, 0.2) is 77.1 Å². The Morgan fingerprint density at radius 1 is 1.18 bits per heavy atom. The summed E-state index contributed by atoms with van der Waals surface area (Å²) in [6.45, 7) is 5.92. The number of ketones is 1. The van der Waals surface area contributed by atoms with Gasteiger partial charge in [0.25, 0.3) is 5.56 Å². The second kappa shape index (κ2) is 10.8. The van der Waals surface area contributed by atoms with Gasteiger partial charge >= 0.3 is 0 Å². The summed E-state index contributed by atoms with van der Waals surface area (Å²) in [6, 6.07) is 16.2. The van der Waals surface area contributed by atoms with E-state index in [1.807, 2.05) is 62.6 Å². The molecule has 40 heavy (non-hydrogen) atoms. The minimum absolute atomic E-state index is 0.105. The number of carbonyl (C=O) groups excluding carboxylic acids is 1. The van der Waals surface area contributed by atoms with E-state index in [0.717, 1.165) is 35.8 Å². The molecule has 4 aromatic rings. The van der Waals surface area contributed by atoms with Gasteiger partial charge in [0.05, 0.1) is 5.56 Å². The molecule has 2 N–H and O–H groups in total. The van der Waals surface area contributed by atoms with E-state index in [1.165, 1.54) is 4.57 Å². The number of hydrogen-bond acceptors (Lipinski definition) is 9. The zero-order chi connectivity index (χ0) is 27.8. The number of nitrogens with one attached hydrogen (secondary N) is 2. The monoisotopic (exact) mass is 554 g/mol. The molecule has 1 fully saturated rings. The fraction of sp³-hybridized carbons (Fsp3) is 0.267. The van der Waals surface area contributed by atoms with Gasteiger partial charge in [0.1, 0.15) is 23.5 Å². The molecular weight excluding hydrogens is 524 g/mol. The van der Waals surface area contributed by atoms with Crippen LogP contribution in [0.4, 0.5) is 11.6 Å². The smallest absolute Gasteiger partial charge is 0.262 e. The number of hydrogen-bond donors (Lipinski definition) is 2. The Balaban J connectivity index is 1.38. The van der Waals surface area contributed by atoms with Crippen LogP contribution in [0.5, 0.6) is 5.75 Å². The highest BCUT2D eigenvalue weighted by molar-refractivity contribution is 7.99. The molecule has 2 aliphatic heterocycles. The van der Waals surface area contributed by atoms with Crippen LogP contribution in [0.25, 0.3) is 16.7 Å². The van der Waals surface area contributed by atoms with E-state index in [4.69, 9.17) is 9.72 Å². The summed E-state index contributed by atoms with van der Waals surface area (Å²) in [7, 11) is 3.66. The molecule has 2 aliphatic rings. The van der Waals surface area contributed by atoms with Gasteiger partial charge in [0.15, 0.2) is 5.78 Å². The summed E-state index contributed by atoms with van der Waals surface area (Å²) >= 11 is 1.56. The van der Waals surface area contributed by atoms with Crippen molar-refractivity contribution in [1.82, 2.24) is 24.8 Å². The van der Waals surface area contributed by atoms with Crippen molar-refractivity contribution in [2.24, 2.45) is 0 Å². The molecule has 2 unspecified atom stereocenters. The lowest BCUT2D eigenvalue weighted by atomic mass is 10.0. The van der Waals surface area contributed by atoms with E-state index in [-0.39, 0.29) is 17.4 Å². The van der Waals surface area contributed by atoms with E-state index in [1.54, 1.807) is 28.9 Å². The van der Waals surface area contributed by atoms with Crippen molar-refractivity contribution in [3.05, 3.63) is 88.9 Å². The van der Waals surface area contributed by atoms with E-state index >= 15 is 0 Å². The van der Waals surface area contributed by atoms with E-state index in [2.05, 4.69) is 22.2 Å². The van der Waals surface area contributed by atoms with Crippen molar-refractivity contribution < 1.29 is 9.53 Å². The molecule has 204 valence electrons. The number of ether oxygens (including phenoxy) is 1. The Bertz CT molecular complexity index is 1660. The SMILES string of the molecule is C=C(c1cc2cnc(Nc3ccc(OC4CCNC4)cc3)nc2n(C2CSc3ccccc3C2=O)c1=O)N(C)C. The molecule has 0 spiro atoms. The topological polar surface area (TPSA) is 101 Å². The molecule has 2 atom stereocenters. The van der Waals surface area contributed by atoms with Gasteiger partial charge in [0, 0.05) is 59.8 Å². The summed E-state index contributed by atoms with van der Waals surface area (Å²) in [5.74, 6) is 1.44. The fourth-order valence-corrected chi connectivity index (χ4v) is 6.13. The molecule has 0 radical (unpaired) electrons. The highest BCUT2D eigenvalue weighted by Crippen LogP contribution is 2.36. The number of fused-ring (bicyclic) bond motifs is 2. The van der Waals surface area contributed by atoms with Gasteiger partial charge in [-0.1, -0.05) is 24.8 Å². The fourth-order valence-electron chi connectivity index (χ4n) is 5.00. The molecule has 10 heteroatoms. The summed E-state index contributed by atoms with van der Waals surface area (Å²) in [5, 5.41) is 7.17. The number of aromatic nitrogens is 3. The van der Waals surface area contributed by atoms with Crippen LogP contribution in [-0.4, -0.2) is 64.3 Å². The molecule has 2 aromatic heterocycles. The number of anilines is 2. The van der Waals surface area contributed by atoms with E-state index in [9.17, 15) is 9.59 Å². The number of Topliss-reactive ketones (excluding diaryl/α,β-unsaturated/α-hetero) is 1. The zero-order valence-corrected chi connectivity index (χ0v) is 23.2. The number of pyridine rings is 1. The van der Waals surface area contributed by atoms with Gasteiger partial charge in [-0.05, 0) is 49.4 Å². The van der Waals surface area contributed by atoms with Gasteiger partial charge in [-0.25, -0.2) is 4.98 Å². The van der Waals surface area contributed by atoms with Crippen LogP contribution >= 0.6 is 11.8 Å². The quantitative estimate of drug-likeness (QED) is 0.346. The first kappa shape index (κ1) is 26.1. The lowest BCUT2D eigenvalue weighted by molar-refractivity contribution is 0.0932. The predicted octanol–water partition coefficient (Wildman–Crippen LogP) is 4.34. The largest absolute Gasteiger partial charge is 0.489 e. The summed E-state index contributed by atoms with van der Waals surface area (Å²) in [6.07, 6.45) is 2.84. The van der Waals surface area contributed by atoms with Crippen molar-refractivity contribution in [3.63, 3.8) is 0 Å². The number of thioether (sulfide) groups is 1. The molecule has 0 bridgehead atoms. The number of rotatable bonds is 7. The second-order valence-corrected chi connectivity index (χ2v) is 11.2. The first-order valence-corrected chi connectivity index (χ1v) is 14.2. The Morgan fingerprint density at radius 3 is 2.73 bits per heavy atom. The summed E-state index contributed by atoms with van der Waals surface area (Å²) < 4.78 is 7.53. The summed E-state index contributed by atoms with van der Waals surface area (Å²) in [4.78, 5) is 39.6. The zero-order valence-electron chi connectivity index (χ0n) is 22.4. The van der Waals surface area contributed by atoms with Crippen LogP contribution in [-0.2, 0) is 0 Å². The van der Waals surface area contributed by atoms with Crippen LogP contribution < -0.4 is 20.9 Å². The molecule has 0 saturated carbocycles. The van der Waals surface area contributed by atoms with E-state index in [0.29, 0.717) is 39.6 Å².